The van der Waals surface area contributed by atoms with E-state index < -0.39 is 6.04 Å². The van der Waals surface area contributed by atoms with Crippen molar-refractivity contribution < 1.29 is 9.59 Å². The molecule has 0 spiro atoms. The molecule has 2 aromatic rings. The number of hydrogen-bond donors (Lipinski definition) is 1. The summed E-state index contributed by atoms with van der Waals surface area (Å²) in [6.45, 7) is 7.08. The lowest BCUT2D eigenvalue weighted by molar-refractivity contribution is -0.140. The minimum Gasteiger partial charge on any atom is -0.354 e. The maximum absolute atomic E-state index is 13.2. The molecule has 1 atom stereocenters. The molecule has 0 bridgehead atoms. The maximum Gasteiger partial charge on any atom is 0.242 e. The molecule has 1 N–H and O–H groups in total. The molecule has 0 saturated heterocycles. The first-order valence-corrected chi connectivity index (χ1v) is 11.1. The zero-order chi connectivity index (χ0) is 22.1. The second kappa shape index (κ2) is 12.0. The third-order valence-corrected chi connectivity index (χ3v) is 5.63. The van der Waals surface area contributed by atoms with Gasteiger partial charge in [0.1, 0.15) is 6.04 Å². The fourth-order valence-corrected chi connectivity index (χ4v) is 3.56. The van der Waals surface area contributed by atoms with Crippen LogP contribution in [0.1, 0.15) is 38.3 Å². The van der Waals surface area contributed by atoms with E-state index in [0.717, 1.165) is 11.1 Å². The van der Waals surface area contributed by atoms with Gasteiger partial charge in [0.15, 0.2) is 0 Å². The van der Waals surface area contributed by atoms with E-state index in [2.05, 4.69) is 5.32 Å². The zero-order valence-corrected chi connectivity index (χ0v) is 19.3. The molecule has 2 amide bonds. The largest absolute Gasteiger partial charge is 0.354 e. The molecular formula is C24H30Cl2N2O2. The monoisotopic (exact) mass is 448 g/mol. The van der Waals surface area contributed by atoms with Crippen LogP contribution in [0.3, 0.4) is 0 Å². The molecule has 2 aromatic carbocycles. The van der Waals surface area contributed by atoms with Crippen molar-refractivity contribution in [1.82, 2.24) is 10.2 Å². The van der Waals surface area contributed by atoms with Gasteiger partial charge in [0, 0.05) is 13.1 Å². The Labute approximate surface area is 189 Å². The van der Waals surface area contributed by atoms with Gasteiger partial charge in [0.05, 0.1) is 16.5 Å². The van der Waals surface area contributed by atoms with Crippen molar-refractivity contribution in [3.05, 3.63) is 69.7 Å². The summed E-state index contributed by atoms with van der Waals surface area (Å²) in [6, 6.07) is 14.6. The zero-order valence-electron chi connectivity index (χ0n) is 17.8. The normalized spacial score (nSPS) is 11.9. The molecule has 0 aromatic heterocycles. The van der Waals surface area contributed by atoms with E-state index in [4.69, 9.17) is 23.2 Å². The molecule has 0 radical (unpaired) electrons. The number of nitrogens with zero attached hydrogens (tertiary/aromatic N) is 1. The molecule has 2 rings (SSSR count). The van der Waals surface area contributed by atoms with E-state index in [-0.39, 0.29) is 18.2 Å². The molecule has 0 aliphatic rings. The third-order valence-electron chi connectivity index (χ3n) is 4.89. The summed E-state index contributed by atoms with van der Waals surface area (Å²) in [7, 11) is 0. The Hall–Kier alpha value is -2.04. The standard InChI is InChI=1S/C24H30Cl2N2O2/c1-4-22(24(30)27-16-17(2)3)28(13-12-18-8-6-5-7-9-18)23(29)15-19-10-11-20(25)21(26)14-19/h5-11,14,17,22H,4,12-13,15-16H2,1-3H3,(H,27,30)/t22-/m1/s1. The molecule has 0 aliphatic carbocycles. The van der Waals surface area contributed by atoms with Crippen LogP contribution in [0.25, 0.3) is 0 Å². The average Bonchev–Trinajstić information content (AvgIpc) is 2.72. The van der Waals surface area contributed by atoms with Crippen molar-refractivity contribution in [2.45, 2.75) is 46.1 Å². The highest BCUT2D eigenvalue weighted by atomic mass is 35.5. The molecule has 30 heavy (non-hydrogen) atoms. The number of carbonyl (C=O) groups excluding carboxylic acids is 2. The number of carbonyl (C=O) groups is 2. The molecule has 162 valence electrons. The van der Waals surface area contributed by atoms with Gasteiger partial charge in [-0.15, -0.1) is 0 Å². The number of nitrogens with one attached hydrogen (secondary N) is 1. The van der Waals surface area contributed by atoms with Crippen LogP contribution in [0.2, 0.25) is 10.0 Å². The summed E-state index contributed by atoms with van der Waals surface area (Å²) in [5.74, 6) is 0.133. The molecule has 0 heterocycles. The van der Waals surface area contributed by atoms with E-state index >= 15 is 0 Å². The van der Waals surface area contributed by atoms with Crippen molar-refractivity contribution in [3.63, 3.8) is 0 Å². The van der Waals surface area contributed by atoms with E-state index in [1.54, 1.807) is 23.1 Å². The predicted molar refractivity (Wildman–Crippen MR) is 124 cm³/mol. The summed E-state index contributed by atoms with van der Waals surface area (Å²) >= 11 is 12.1. The first kappa shape index (κ1) is 24.2. The van der Waals surface area contributed by atoms with Gasteiger partial charge in [-0.3, -0.25) is 9.59 Å². The van der Waals surface area contributed by atoms with Crippen LogP contribution in [0, 0.1) is 5.92 Å². The molecule has 0 aliphatic heterocycles. The minimum atomic E-state index is -0.511. The summed E-state index contributed by atoms with van der Waals surface area (Å²) in [4.78, 5) is 27.8. The Kier molecular flexibility index (Phi) is 9.67. The first-order chi connectivity index (χ1) is 14.3. The van der Waals surface area contributed by atoms with Crippen LogP contribution in [-0.4, -0.2) is 35.8 Å². The van der Waals surface area contributed by atoms with Crippen molar-refractivity contribution in [3.8, 4) is 0 Å². The maximum atomic E-state index is 13.2. The predicted octanol–water partition coefficient (Wildman–Crippen LogP) is 5.16. The van der Waals surface area contributed by atoms with Crippen LogP contribution in [-0.2, 0) is 22.4 Å². The van der Waals surface area contributed by atoms with Crippen LogP contribution >= 0.6 is 23.2 Å². The molecular weight excluding hydrogens is 419 g/mol. The summed E-state index contributed by atoms with van der Waals surface area (Å²) in [5, 5.41) is 3.84. The van der Waals surface area contributed by atoms with Crippen molar-refractivity contribution >= 4 is 35.0 Å². The minimum absolute atomic E-state index is 0.101. The van der Waals surface area contributed by atoms with Crippen LogP contribution in [0.15, 0.2) is 48.5 Å². The van der Waals surface area contributed by atoms with Gasteiger partial charge in [-0.25, -0.2) is 0 Å². The highest BCUT2D eigenvalue weighted by Crippen LogP contribution is 2.23. The lowest BCUT2D eigenvalue weighted by Crippen LogP contribution is -2.51. The van der Waals surface area contributed by atoms with Crippen LogP contribution in [0.4, 0.5) is 0 Å². The number of amides is 2. The summed E-state index contributed by atoms with van der Waals surface area (Å²) < 4.78 is 0. The quantitative estimate of drug-likeness (QED) is 0.545. The van der Waals surface area contributed by atoms with Gasteiger partial charge in [0.25, 0.3) is 0 Å². The highest BCUT2D eigenvalue weighted by Gasteiger charge is 2.28. The number of halogens is 2. The molecule has 0 unspecified atom stereocenters. The fraction of sp³-hybridized carbons (Fsp3) is 0.417. The van der Waals surface area contributed by atoms with E-state index in [9.17, 15) is 9.59 Å². The van der Waals surface area contributed by atoms with Crippen molar-refractivity contribution in [1.29, 1.82) is 0 Å². The Bertz CT molecular complexity index is 840. The third kappa shape index (κ3) is 7.33. The smallest absolute Gasteiger partial charge is 0.242 e. The SMILES string of the molecule is CC[C@H](C(=O)NCC(C)C)N(CCc1ccccc1)C(=O)Cc1ccc(Cl)c(Cl)c1. The lowest BCUT2D eigenvalue weighted by Gasteiger charge is -2.31. The van der Waals surface area contributed by atoms with Gasteiger partial charge in [0.2, 0.25) is 11.8 Å². The Morgan fingerprint density at radius 1 is 1.00 bits per heavy atom. The Morgan fingerprint density at radius 3 is 2.30 bits per heavy atom. The number of benzene rings is 2. The number of hydrogen-bond acceptors (Lipinski definition) is 2. The molecule has 0 fully saturated rings. The summed E-state index contributed by atoms with van der Waals surface area (Å²) in [5.41, 5.74) is 1.90. The first-order valence-electron chi connectivity index (χ1n) is 10.4. The molecule has 6 heteroatoms. The van der Waals surface area contributed by atoms with Crippen LogP contribution in [0.5, 0.6) is 0 Å². The van der Waals surface area contributed by atoms with Crippen molar-refractivity contribution in [2.75, 3.05) is 13.1 Å². The second-order valence-electron chi connectivity index (χ2n) is 7.81. The topological polar surface area (TPSA) is 49.4 Å². The van der Waals surface area contributed by atoms with Gasteiger partial charge < -0.3 is 10.2 Å². The second-order valence-corrected chi connectivity index (χ2v) is 8.63. The van der Waals surface area contributed by atoms with E-state index in [1.165, 1.54) is 0 Å². The average molecular weight is 449 g/mol. The Morgan fingerprint density at radius 2 is 1.70 bits per heavy atom. The highest BCUT2D eigenvalue weighted by molar-refractivity contribution is 6.42. The fourth-order valence-electron chi connectivity index (χ4n) is 3.24. The van der Waals surface area contributed by atoms with Gasteiger partial charge >= 0.3 is 0 Å². The van der Waals surface area contributed by atoms with Crippen molar-refractivity contribution in [2.24, 2.45) is 5.92 Å². The van der Waals surface area contributed by atoms with E-state index in [0.29, 0.717) is 41.9 Å². The van der Waals surface area contributed by atoms with Gasteiger partial charge in [-0.1, -0.05) is 80.4 Å². The Balaban J connectivity index is 2.20. The van der Waals surface area contributed by atoms with Crippen LogP contribution < -0.4 is 5.32 Å². The molecule has 0 saturated carbocycles. The van der Waals surface area contributed by atoms with Gasteiger partial charge in [-0.05, 0) is 42.0 Å². The molecule has 4 nitrogen and oxygen atoms in total. The number of rotatable bonds is 10. The lowest BCUT2D eigenvalue weighted by atomic mass is 10.1. The summed E-state index contributed by atoms with van der Waals surface area (Å²) in [6.07, 6.45) is 1.40. The van der Waals surface area contributed by atoms with E-state index in [1.807, 2.05) is 51.1 Å². The van der Waals surface area contributed by atoms with Gasteiger partial charge in [-0.2, -0.15) is 0 Å².